The van der Waals surface area contributed by atoms with E-state index in [2.05, 4.69) is 4.90 Å². The third kappa shape index (κ3) is 5.51. The summed E-state index contributed by atoms with van der Waals surface area (Å²) in [6.07, 6.45) is 1.20. The van der Waals surface area contributed by atoms with Gasteiger partial charge >= 0.3 is 0 Å². The predicted molar refractivity (Wildman–Crippen MR) is 135 cm³/mol. The fourth-order valence-corrected chi connectivity index (χ4v) is 4.94. The molecule has 34 heavy (non-hydrogen) atoms. The molecule has 0 aromatic heterocycles. The molecule has 1 aliphatic rings. The molecule has 0 saturated carbocycles. The number of rotatable bonds is 7. The number of piperazine rings is 1. The minimum atomic E-state index is -3.45. The van der Waals surface area contributed by atoms with E-state index in [1.54, 1.807) is 31.4 Å². The summed E-state index contributed by atoms with van der Waals surface area (Å²) in [5.41, 5.74) is 3.15. The minimum Gasteiger partial charge on any atom is -0.497 e. The van der Waals surface area contributed by atoms with Crippen LogP contribution in [0.5, 0.6) is 5.75 Å². The van der Waals surface area contributed by atoms with Crippen LogP contribution in [-0.2, 0) is 16.6 Å². The largest absolute Gasteiger partial charge is 0.497 e. The van der Waals surface area contributed by atoms with Gasteiger partial charge in [-0.25, -0.2) is 8.42 Å². The van der Waals surface area contributed by atoms with Crippen LogP contribution in [0.3, 0.4) is 0 Å². The number of hydrogen-bond donors (Lipinski definition) is 0. The molecule has 0 N–H and O–H groups in total. The van der Waals surface area contributed by atoms with Crippen LogP contribution in [0.2, 0.25) is 0 Å². The average molecular weight is 480 g/mol. The molecule has 0 spiro atoms. The number of hydrogen-bond acceptors (Lipinski definition) is 5. The van der Waals surface area contributed by atoms with Crippen molar-refractivity contribution >= 4 is 27.3 Å². The SMILES string of the molecule is COc1ccc(N2CCN(C(=O)c3ccc(CN(c4ccccc4)S(C)(=O)=O)cc3)CC2)cc1. The van der Waals surface area contributed by atoms with Crippen molar-refractivity contribution < 1.29 is 17.9 Å². The molecular formula is C26H29N3O4S. The number of amides is 1. The number of methoxy groups -OCH3 is 1. The van der Waals surface area contributed by atoms with Gasteiger partial charge in [-0.3, -0.25) is 9.10 Å². The average Bonchev–Trinajstić information content (AvgIpc) is 2.87. The Hall–Kier alpha value is -3.52. The van der Waals surface area contributed by atoms with Gasteiger partial charge in [-0.15, -0.1) is 0 Å². The van der Waals surface area contributed by atoms with Gasteiger partial charge in [-0.2, -0.15) is 0 Å². The highest BCUT2D eigenvalue weighted by Crippen LogP contribution is 2.22. The molecule has 1 heterocycles. The highest BCUT2D eigenvalue weighted by Gasteiger charge is 2.23. The van der Waals surface area contributed by atoms with Crippen molar-refractivity contribution in [3.63, 3.8) is 0 Å². The third-order valence-corrected chi connectivity index (χ3v) is 7.12. The van der Waals surface area contributed by atoms with Crippen molar-refractivity contribution in [2.75, 3.05) is 48.7 Å². The first-order valence-corrected chi connectivity index (χ1v) is 13.0. The molecule has 3 aromatic rings. The number of carbonyl (C=O) groups excluding carboxylic acids is 1. The molecule has 1 aliphatic heterocycles. The zero-order valence-electron chi connectivity index (χ0n) is 19.4. The molecule has 1 amide bonds. The van der Waals surface area contributed by atoms with Crippen LogP contribution >= 0.6 is 0 Å². The van der Waals surface area contributed by atoms with E-state index in [4.69, 9.17) is 4.74 Å². The lowest BCUT2D eigenvalue weighted by Gasteiger charge is -2.36. The van der Waals surface area contributed by atoms with Crippen molar-refractivity contribution in [2.24, 2.45) is 0 Å². The molecule has 8 heteroatoms. The molecule has 1 saturated heterocycles. The molecule has 0 aliphatic carbocycles. The van der Waals surface area contributed by atoms with Gasteiger partial charge in [-0.05, 0) is 54.1 Å². The molecule has 4 rings (SSSR count). The maximum absolute atomic E-state index is 13.0. The maximum atomic E-state index is 13.0. The first-order valence-electron chi connectivity index (χ1n) is 11.1. The maximum Gasteiger partial charge on any atom is 0.253 e. The Labute approximate surface area is 201 Å². The molecule has 0 unspecified atom stereocenters. The number of anilines is 2. The molecule has 0 radical (unpaired) electrons. The zero-order valence-corrected chi connectivity index (χ0v) is 20.2. The standard InChI is InChI=1S/C26H29N3O4S/c1-33-25-14-12-23(13-15-25)27-16-18-28(19-17-27)26(30)22-10-8-21(9-11-22)20-29(34(2,31)32)24-6-4-3-5-7-24/h3-15H,16-20H2,1-2H3. The fourth-order valence-electron chi connectivity index (χ4n) is 4.06. The highest BCUT2D eigenvalue weighted by atomic mass is 32.2. The molecule has 3 aromatic carbocycles. The first-order chi connectivity index (χ1) is 16.3. The topological polar surface area (TPSA) is 70.2 Å². The summed E-state index contributed by atoms with van der Waals surface area (Å²) < 4.78 is 31.2. The molecule has 178 valence electrons. The van der Waals surface area contributed by atoms with E-state index in [-0.39, 0.29) is 12.5 Å². The summed E-state index contributed by atoms with van der Waals surface area (Å²) in [5.74, 6) is 0.813. The second-order valence-electron chi connectivity index (χ2n) is 8.28. The van der Waals surface area contributed by atoms with E-state index in [9.17, 15) is 13.2 Å². The van der Waals surface area contributed by atoms with E-state index in [1.807, 2.05) is 59.5 Å². The van der Waals surface area contributed by atoms with Crippen molar-refractivity contribution in [1.82, 2.24) is 4.90 Å². The quantitative estimate of drug-likeness (QED) is 0.518. The lowest BCUT2D eigenvalue weighted by molar-refractivity contribution is 0.0746. The number of carbonyl (C=O) groups is 1. The van der Waals surface area contributed by atoms with Gasteiger partial charge in [0.1, 0.15) is 5.75 Å². The summed E-state index contributed by atoms with van der Waals surface area (Å²) in [4.78, 5) is 17.1. The molecule has 7 nitrogen and oxygen atoms in total. The summed E-state index contributed by atoms with van der Waals surface area (Å²) in [6.45, 7) is 3.01. The van der Waals surface area contributed by atoms with Crippen LogP contribution in [-0.4, -0.2) is 58.8 Å². The van der Waals surface area contributed by atoms with Crippen LogP contribution in [0, 0.1) is 0 Å². The van der Waals surface area contributed by atoms with Crippen LogP contribution in [0.15, 0.2) is 78.9 Å². The molecule has 0 atom stereocenters. The Morgan fingerprint density at radius 3 is 2.06 bits per heavy atom. The number of sulfonamides is 1. The van der Waals surface area contributed by atoms with Gasteiger partial charge in [0.25, 0.3) is 5.91 Å². The van der Waals surface area contributed by atoms with Gasteiger partial charge < -0.3 is 14.5 Å². The fraction of sp³-hybridized carbons (Fsp3) is 0.269. The predicted octanol–water partition coefficient (Wildman–Crippen LogP) is 3.62. The lowest BCUT2D eigenvalue weighted by atomic mass is 10.1. The number of nitrogens with zero attached hydrogens (tertiary/aromatic N) is 3. The highest BCUT2D eigenvalue weighted by molar-refractivity contribution is 7.92. The van der Waals surface area contributed by atoms with E-state index in [1.165, 1.54) is 10.6 Å². The summed E-state index contributed by atoms with van der Waals surface area (Å²) in [6, 6.07) is 24.1. The van der Waals surface area contributed by atoms with Crippen molar-refractivity contribution in [3.05, 3.63) is 90.0 Å². The van der Waals surface area contributed by atoms with Crippen molar-refractivity contribution in [3.8, 4) is 5.75 Å². The van der Waals surface area contributed by atoms with Gasteiger partial charge in [0.15, 0.2) is 0 Å². The third-order valence-electron chi connectivity index (χ3n) is 5.98. The number of para-hydroxylation sites is 1. The van der Waals surface area contributed by atoms with Gasteiger partial charge in [-0.1, -0.05) is 30.3 Å². The second kappa shape index (κ2) is 10.2. The van der Waals surface area contributed by atoms with Crippen LogP contribution in [0.25, 0.3) is 0 Å². The zero-order chi connectivity index (χ0) is 24.1. The Kier molecular flexibility index (Phi) is 7.07. The summed E-state index contributed by atoms with van der Waals surface area (Å²) in [7, 11) is -1.80. The van der Waals surface area contributed by atoms with Crippen LogP contribution in [0.1, 0.15) is 15.9 Å². The van der Waals surface area contributed by atoms with E-state index in [0.717, 1.165) is 30.1 Å². The first kappa shape index (κ1) is 23.6. The van der Waals surface area contributed by atoms with Crippen LogP contribution < -0.4 is 13.9 Å². The van der Waals surface area contributed by atoms with Crippen molar-refractivity contribution in [1.29, 1.82) is 0 Å². The van der Waals surface area contributed by atoms with Gasteiger partial charge in [0, 0.05) is 37.4 Å². The summed E-state index contributed by atoms with van der Waals surface area (Å²) >= 11 is 0. The van der Waals surface area contributed by atoms with E-state index < -0.39 is 10.0 Å². The Balaban J connectivity index is 1.38. The van der Waals surface area contributed by atoms with Gasteiger partial charge in [0.2, 0.25) is 10.0 Å². The summed E-state index contributed by atoms with van der Waals surface area (Å²) in [5, 5.41) is 0. The Morgan fingerprint density at radius 1 is 0.882 bits per heavy atom. The molecular weight excluding hydrogens is 450 g/mol. The number of benzene rings is 3. The Bertz CT molecular complexity index is 1210. The van der Waals surface area contributed by atoms with Crippen molar-refractivity contribution in [2.45, 2.75) is 6.54 Å². The second-order valence-corrected chi connectivity index (χ2v) is 10.2. The molecule has 0 bridgehead atoms. The van der Waals surface area contributed by atoms with E-state index >= 15 is 0 Å². The minimum absolute atomic E-state index is 0.0102. The monoisotopic (exact) mass is 479 g/mol. The Morgan fingerprint density at radius 2 is 1.50 bits per heavy atom. The van der Waals surface area contributed by atoms with Crippen LogP contribution in [0.4, 0.5) is 11.4 Å². The smallest absolute Gasteiger partial charge is 0.253 e. The molecule has 1 fully saturated rings. The lowest BCUT2D eigenvalue weighted by Crippen LogP contribution is -2.48. The number of ether oxygens (including phenoxy) is 1. The normalized spacial score (nSPS) is 14.1. The van der Waals surface area contributed by atoms with E-state index in [0.29, 0.717) is 24.3 Å². The van der Waals surface area contributed by atoms with Gasteiger partial charge in [0.05, 0.1) is 25.6 Å².